The highest BCUT2D eigenvalue weighted by molar-refractivity contribution is 7.11. The molecule has 1 heterocycles. The van der Waals surface area contributed by atoms with Gasteiger partial charge in [0.15, 0.2) is 0 Å². The zero-order chi connectivity index (χ0) is 13.4. The van der Waals surface area contributed by atoms with Gasteiger partial charge in [0.05, 0.1) is 0 Å². The van der Waals surface area contributed by atoms with E-state index in [1.54, 1.807) is 0 Å². The van der Waals surface area contributed by atoms with Crippen LogP contribution in [-0.4, -0.2) is 23.3 Å². The molecule has 3 nitrogen and oxygen atoms in total. The summed E-state index contributed by atoms with van der Waals surface area (Å²) in [6.07, 6.45) is 2.21. The summed E-state index contributed by atoms with van der Waals surface area (Å²) in [4.78, 5) is 0. The van der Waals surface area contributed by atoms with Crippen molar-refractivity contribution in [2.75, 3.05) is 13.1 Å². The minimum absolute atomic E-state index is 0.369. The lowest BCUT2D eigenvalue weighted by atomic mass is 10.0. The van der Waals surface area contributed by atoms with E-state index in [4.69, 9.17) is 0 Å². The van der Waals surface area contributed by atoms with Gasteiger partial charge in [-0.25, -0.2) is 0 Å². The van der Waals surface area contributed by atoms with E-state index in [1.807, 2.05) is 11.3 Å². The van der Waals surface area contributed by atoms with Crippen molar-refractivity contribution in [1.82, 2.24) is 15.5 Å². The van der Waals surface area contributed by atoms with Crippen LogP contribution in [0.1, 0.15) is 57.0 Å². The van der Waals surface area contributed by atoms with Crippen molar-refractivity contribution in [2.45, 2.75) is 53.4 Å². The van der Waals surface area contributed by atoms with Gasteiger partial charge in [-0.2, -0.15) is 0 Å². The Hall–Kier alpha value is -0.480. The molecule has 1 fully saturated rings. The van der Waals surface area contributed by atoms with Crippen molar-refractivity contribution in [1.29, 1.82) is 0 Å². The van der Waals surface area contributed by atoms with E-state index in [9.17, 15) is 0 Å². The third-order valence-electron chi connectivity index (χ3n) is 4.74. The Bertz CT molecular complexity index is 395. The summed E-state index contributed by atoms with van der Waals surface area (Å²) >= 11 is 1.82. The van der Waals surface area contributed by atoms with Crippen molar-refractivity contribution in [3.05, 3.63) is 10.0 Å². The molecule has 0 aromatic carbocycles. The van der Waals surface area contributed by atoms with Crippen LogP contribution in [-0.2, 0) is 6.42 Å². The zero-order valence-corrected chi connectivity index (χ0v) is 13.0. The van der Waals surface area contributed by atoms with Crippen molar-refractivity contribution in [3.8, 4) is 0 Å². The van der Waals surface area contributed by atoms with E-state index >= 15 is 0 Å². The van der Waals surface area contributed by atoms with Crippen LogP contribution < -0.4 is 5.32 Å². The number of rotatable bonds is 6. The Balaban J connectivity index is 1.92. The third kappa shape index (κ3) is 2.32. The highest BCUT2D eigenvalue weighted by Gasteiger charge is 2.66. The molecule has 0 saturated heterocycles. The molecule has 0 spiro atoms. The van der Waals surface area contributed by atoms with Crippen LogP contribution >= 0.6 is 11.3 Å². The number of aryl methyl sites for hydroxylation is 1. The molecule has 1 N–H and O–H groups in total. The normalized spacial score (nSPS) is 21.2. The molecule has 4 heteroatoms. The SMILES string of the molecule is CCNCCCc1nnc(C2C(C)(C)C2(C)C)s1. The van der Waals surface area contributed by atoms with Crippen LogP contribution in [0.5, 0.6) is 0 Å². The highest BCUT2D eigenvalue weighted by atomic mass is 32.1. The van der Waals surface area contributed by atoms with Gasteiger partial charge in [0, 0.05) is 12.3 Å². The Labute approximate surface area is 114 Å². The van der Waals surface area contributed by atoms with Crippen LogP contribution in [0, 0.1) is 10.8 Å². The van der Waals surface area contributed by atoms with E-state index in [-0.39, 0.29) is 0 Å². The van der Waals surface area contributed by atoms with Crippen LogP contribution in [0.2, 0.25) is 0 Å². The molecule has 0 unspecified atom stereocenters. The number of nitrogens with one attached hydrogen (secondary N) is 1. The maximum absolute atomic E-state index is 4.42. The topological polar surface area (TPSA) is 37.8 Å². The molecule has 1 aliphatic carbocycles. The summed E-state index contributed by atoms with van der Waals surface area (Å²) < 4.78 is 0. The van der Waals surface area contributed by atoms with Crippen molar-refractivity contribution in [3.63, 3.8) is 0 Å². The summed E-state index contributed by atoms with van der Waals surface area (Å²) in [5.41, 5.74) is 0.737. The van der Waals surface area contributed by atoms with Crippen molar-refractivity contribution in [2.24, 2.45) is 10.8 Å². The standard InChI is InChI=1S/C14H25N3S/c1-6-15-9-7-8-10-16-17-12(18-10)11-13(2,3)14(11,4)5/h11,15H,6-9H2,1-5H3. The average Bonchev–Trinajstić information content (AvgIpc) is 2.66. The summed E-state index contributed by atoms with van der Waals surface area (Å²) in [6.45, 7) is 13.6. The predicted molar refractivity (Wildman–Crippen MR) is 77.1 cm³/mol. The van der Waals surface area contributed by atoms with Crippen LogP contribution in [0.3, 0.4) is 0 Å². The van der Waals surface area contributed by atoms with Gasteiger partial charge < -0.3 is 5.32 Å². The smallest absolute Gasteiger partial charge is 0.121 e. The van der Waals surface area contributed by atoms with Crippen molar-refractivity contribution >= 4 is 11.3 Å². The van der Waals surface area contributed by atoms with Gasteiger partial charge in [-0.15, -0.1) is 21.5 Å². The molecule has 0 bridgehead atoms. The van der Waals surface area contributed by atoms with Gasteiger partial charge in [0.2, 0.25) is 0 Å². The van der Waals surface area contributed by atoms with E-state index in [2.05, 4.69) is 50.1 Å². The molecule has 1 aromatic rings. The number of hydrogen-bond acceptors (Lipinski definition) is 4. The molecule has 0 amide bonds. The first kappa shape index (κ1) is 13.9. The fraction of sp³-hybridized carbons (Fsp3) is 0.857. The van der Waals surface area contributed by atoms with Crippen LogP contribution in [0.15, 0.2) is 0 Å². The fourth-order valence-corrected chi connectivity index (χ4v) is 4.20. The number of nitrogens with zero attached hydrogens (tertiary/aromatic N) is 2. The Morgan fingerprint density at radius 2 is 1.83 bits per heavy atom. The molecular formula is C14H25N3S. The lowest BCUT2D eigenvalue weighted by molar-refractivity contribution is 0.457. The number of aromatic nitrogens is 2. The van der Waals surface area contributed by atoms with E-state index in [0.29, 0.717) is 16.7 Å². The van der Waals surface area contributed by atoms with Crippen molar-refractivity contribution < 1.29 is 0 Å². The molecule has 102 valence electrons. The lowest BCUT2D eigenvalue weighted by Gasteiger charge is -2.03. The molecule has 2 rings (SSSR count). The van der Waals surface area contributed by atoms with Gasteiger partial charge in [-0.1, -0.05) is 34.6 Å². The van der Waals surface area contributed by atoms with Gasteiger partial charge in [-0.3, -0.25) is 0 Å². The zero-order valence-electron chi connectivity index (χ0n) is 12.2. The molecule has 1 saturated carbocycles. The first-order valence-corrected chi connectivity index (χ1v) is 7.76. The summed E-state index contributed by atoms with van der Waals surface area (Å²) in [6, 6.07) is 0. The average molecular weight is 267 g/mol. The maximum Gasteiger partial charge on any atom is 0.121 e. The molecule has 18 heavy (non-hydrogen) atoms. The summed E-state index contributed by atoms with van der Waals surface area (Å²) in [5, 5.41) is 14.5. The van der Waals surface area contributed by atoms with Gasteiger partial charge >= 0.3 is 0 Å². The lowest BCUT2D eigenvalue weighted by Crippen LogP contribution is -2.14. The molecular weight excluding hydrogens is 242 g/mol. The molecule has 0 atom stereocenters. The second-order valence-corrected chi connectivity index (χ2v) is 7.46. The predicted octanol–water partition coefficient (Wildman–Crippen LogP) is 3.23. The molecule has 1 aliphatic rings. The van der Waals surface area contributed by atoms with Gasteiger partial charge in [0.1, 0.15) is 10.0 Å². The third-order valence-corrected chi connectivity index (χ3v) is 5.79. The van der Waals surface area contributed by atoms with E-state index in [0.717, 1.165) is 25.9 Å². The second kappa shape index (κ2) is 4.89. The van der Waals surface area contributed by atoms with E-state index < -0.39 is 0 Å². The fourth-order valence-electron chi connectivity index (χ4n) is 2.84. The first-order chi connectivity index (χ1) is 8.41. The Morgan fingerprint density at radius 1 is 1.17 bits per heavy atom. The molecule has 0 radical (unpaired) electrons. The second-order valence-electron chi connectivity index (χ2n) is 6.37. The summed E-state index contributed by atoms with van der Waals surface area (Å²) in [5.74, 6) is 0.588. The van der Waals surface area contributed by atoms with Gasteiger partial charge in [0.25, 0.3) is 0 Å². The summed E-state index contributed by atoms with van der Waals surface area (Å²) in [7, 11) is 0. The Kier molecular flexibility index (Phi) is 3.79. The monoisotopic (exact) mass is 267 g/mol. The quantitative estimate of drug-likeness (QED) is 0.804. The van der Waals surface area contributed by atoms with Crippen LogP contribution in [0.25, 0.3) is 0 Å². The minimum Gasteiger partial charge on any atom is -0.317 e. The largest absolute Gasteiger partial charge is 0.317 e. The maximum atomic E-state index is 4.42. The van der Waals surface area contributed by atoms with E-state index in [1.165, 1.54) is 10.0 Å². The van der Waals surface area contributed by atoms with Gasteiger partial charge in [-0.05, 0) is 30.3 Å². The molecule has 1 aromatic heterocycles. The molecule has 0 aliphatic heterocycles. The first-order valence-electron chi connectivity index (χ1n) is 6.94. The highest BCUT2D eigenvalue weighted by Crippen LogP contribution is 2.73. The Morgan fingerprint density at radius 3 is 2.39 bits per heavy atom. The number of hydrogen-bond donors (Lipinski definition) is 1. The van der Waals surface area contributed by atoms with Crippen LogP contribution in [0.4, 0.5) is 0 Å². The minimum atomic E-state index is 0.369.